The molecule has 126 valence electrons. The van der Waals surface area contributed by atoms with Crippen LogP contribution in [0.1, 0.15) is 28.9 Å². The van der Waals surface area contributed by atoms with Gasteiger partial charge in [-0.05, 0) is 28.1 Å². The molecule has 0 radical (unpaired) electrons. The first-order valence-corrected chi connectivity index (χ1v) is 8.61. The molecule has 1 aromatic heterocycles. The maximum absolute atomic E-state index is 12.6. The molecule has 0 bridgehead atoms. The number of imidazole rings is 1. The molecule has 0 aliphatic carbocycles. The number of anilines is 1. The summed E-state index contributed by atoms with van der Waals surface area (Å²) in [6.45, 7) is 2.61. The van der Waals surface area contributed by atoms with E-state index in [1.54, 1.807) is 27.7 Å². The number of fused-ring (bicyclic) bond motifs is 1. The Bertz CT molecular complexity index is 834. The summed E-state index contributed by atoms with van der Waals surface area (Å²) in [6.07, 6.45) is 0.684. The highest BCUT2D eigenvalue weighted by Gasteiger charge is 2.26. The molecule has 3 rings (SSSR count). The zero-order valence-corrected chi connectivity index (χ0v) is 15.6. The molecule has 8 heteroatoms. The van der Waals surface area contributed by atoms with E-state index in [0.717, 1.165) is 11.4 Å². The summed E-state index contributed by atoms with van der Waals surface area (Å²) < 4.78 is 2.49. The largest absolute Gasteiger partial charge is 0.337 e. The summed E-state index contributed by atoms with van der Waals surface area (Å²) in [5.74, 6) is -0.0130. The van der Waals surface area contributed by atoms with Crippen LogP contribution in [0.25, 0.3) is 0 Å². The zero-order valence-electron chi connectivity index (χ0n) is 13.3. The Morgan fingerprint density at radius 2 is 2.12 bits per heavy atom. The van der Waals surface area contributed by atoms with Gasteiger partial charge in [-0.1, -0.05) is 17.7 Å². The van der Waals surface area contributed by atoms with Crippen molar-refractivity contribution in [3.05, 3.63) is 44.9 Å². The molecule has 1 aromatic carbocycles. The normalized spacial score (nSPS) is 13.6. The van der Waals surface area contributed by atoms with Crippen LogP contribution in [-0.4, -0.2) is 32.8 Å². The molecular formula is C16H16BrClN4O2. The van der Waals surface area contributed by atoms with Gasteiger partial charge in [-0.15, -0.1) is 0 Å². The van der Waals surface area contributed by atoms with Gasteiger partial charge < -0.3 is 14.8 Å². The predicted octanol–water partition coefficient (Wildman–Crippen LogP) is 2.99. The maximum Gasteiger partial charge on any atom is 0.291 e. The Hall–Kier alpha value is -1.86. The van der Waals surface area contributed by atoms with Crippen molar-refractivity contribution in [3.63, 3.8) is 0 Å². The van der Waals surface area contributed by atoms with Crippen molar-refractivity contribution in [2.24, 2.45) is 7.05 Å². The molecule has 6 nitrogen and oxygen atoms in total. The minimum absolute atomic E-state index is 0.0122. The minimum Gasteiger partial charge on any atom is -0.337 e. The van der Waals surface area contributed by atoms with Crippen LogP contribution in [0.5, 0.6) is 0 Å². The Kier molecular flexibility index (Phi) is 4.64. The lowest BCUT2D eigenvalue weighted by Gasteiger charge is -2.25. The number of amides is 2. The van der Waals surface area contributed by atoms with Crippen molar-refractivity contribution in [1.82, 2.24) is 14.5 Å². The zero-order chi connectivity index (χ0) is 17.4. The highest BCUT2D eigenvalue weighted by atomic mass is 79.9. The van der Waals surface area contributed by atoms with Gasteiger partial charge in [-0.25, -0.2) is 4.98 Å². The Balaban J connectivity index is 1.87. The number of nitrogens with zero attached hydrogens (tertiary/aromatic N) is 3. The first-order valence-electron chi connectivity index (χ1n) is 7.44. The number of hydrogen-bond donors (Lipinski definition) is 1. The van der Waals surface area contributed by atoms with Crippen molar-refractivity contribution in [2.75, 3.05) is 11.9 Å². The van der Waals surface area contributed by atoms with Crippen LogP contribution in [0.2, 0.25) is 5.02 Å². The Morgan fingerprint density at radius 1 is 1.38 bits per heavy atom. The molecule has 0 atom stereocenters. The molecule has 0 saturated carbocycles. The first kappa shape index (κ1) is 17.0. The fraction of sp³-hybridized carbons (Fsp3) is 0.312. The fourth-order valence-corrected chi connectivity index (χ4v) is 3.32. The minimum atomic E-state index is -0.332. The third-order valence-electron chi connectivity index (χ3n) is 4.10. The predicted molar refractivity (Wildman–Crippen MR) is 95.1 cm³/mol. The van der Waals surface area contributed by atoms with Crippen LogP contribution < -0.4 is 5.32 Å². The van der Waals surface area contributed by atoms with Gasteiger partial charge in [0.05, 0.1) is 22.9 Å². The lowest BCUT2D eigenvalue weighted by molar-refractivity contribution is -0.129. The number of carbonyl (C=O) groups excluding carboxylic acids is 2. The highest BCUT2D eigenvalue weighted by Crippen LogP contribution is 2.30. The Morgan fingerprint density at radius 3 is 2.83 bits per heavy atom. The van der Waals surface area contributed by atoms with Crippen molar-refractivity contribution in [1.29, 1.82) is 0 Å². The number of carbonyl (C=O) groups is 2. The summed E-state index contributed by atoms with van der Waals surface area (Å²) >= 11 is 9.52. The lowest BCUT2D eigenvalue weighted by Crippen LogP contribution is -2.34. The molecule has 1 N–H and O–H groups in total. The monoisotopic (exact) mass is 410 g/mol. The second-order valence-electron chi connectivity index (χ2n) is 5.63. The van der Waals surface area contributed by atoms with Gasteiger partial charge in [0, 0.05) is 37.1 Å². The second-order valence-corrected chi connectivity index (χ2v) is 6.87. The highest BCUT2D eigenvalue weighted by molar-refractivity contribution is 9.10. The van der Waals surface area contributed by atoms with Gasteiger partial charge >= 0.3 is 0 Å². The molecule has 2 amide bonds. The second kappa shape index (κ2) is 6.57. The average Bonchev–Trinajstić information content (AvgIpc) is 2.88. The van der Waals surface area contributed by atoms with Crippen molar-refractivity contribution in [2.45, 2.75) is 19.9 Å². The summed E-state index contributed by atoms with van der Waals surface area (Å²) in [6, 6.07) is 5.32. The number of benzene rings is 1. The molecule has 24 heavy (non-hydrogen) atoms. The van der Waals surface area contributed by atoms with Crippen molar-refractivity contribution < 1.29 is 9.59 Å². The molecule has 0 fully saturated rings. The number of halogens is 2. The quantitative estimate of drug-likeness (QED) is 0.826. The van der Waals surface area contributed by atoms with Gasteiger partial charge in [0.25, 0.3) is 5.91 Å². The van der Waals surface area contributed by atoms with Gasteiger partial charge in [-0.2, -0.15) is 0 Å². The number of hydrogen-bond acceptors (Lipinski definition) is 3. The van der Waals surface area contributed by atoms with E-state index < -0.39 is 0 Å². The smallest absolute Gasteiger partial charge is 0.291 e. The van der Waals surface area contributed by atoms with E-state index in [0.29, 0.717) is 40.5 Å². The summed E-state index contributed by atoms with van der Waals surface area (Å²) in [7, 11) is 1.81. The van der Waals surface area contributed by atoms with E-state index in [1.165, 1.54) is 6.92 Å². The van der Waals surface area contributed by atoms with E-state index in [9.17, 15) is 9.59 Å². The van der Waals surface area contributed by atoms with Crippen molar-refractivity contribution in [3.8, 4) is 0 Å². The number of nitrogens with one attached hydrogen (secondary N) is 1. The molecule has 2 aromatic rings. The third-order valence-corrected chi connectivity index (χ3v) is 5.40. The molecule has 0 unspecified atom stereocenters. The molecule has 1 aliphatic heterocycles. The van der Waals surface area contributed by atoms with Crippen LogP contribution in [0.3, 0.4) is 0 Å². The summed E-state index contributed by atoms with van der Waals surface area (Å²) in [5, 5.41) is 3.22. The molecule has 2 heterocycles. The fourth-order valence-electron chi connectivity index (χ4n) is 2.78. The van der Waals surface area contributed by atoms with E-state index in [1.807, 2.05) is 7.05 Å². The lowest BCUT2D eigenvalue weighted by atomic mass is 10.1. The number of aromatic nitrogens is 2. The van der Waals surface area contributed by atoms with Gasteiger partial charge in [-0.3, -0.25) is 9.59 Å². The first-order chi connectivity index (χ1) is 11.4. The topological polar surface area (TPSA) is 67.2 Å². The van der Waals surface area contributed by atoms with E-state index in [2.05, 4.69) is 26.2 Å². The maximum atomic E-state index is 12.6. The van der Waals surface area contributed by atoms with Gasteiger partial charge in [0.2, 0.25) is 5.91 Å². The van der Waals surface area contributed by atoms with Crippen LogP contribution >= 0.6 is 27.5 Å². The molecule has 0 spiro atoms. The standard InChI is InChI=1S/C16H16BrClN4O2/c1-9(23)22-7-6-13-12(8-22)19-15(21(13)2)16(24)20-11-5-3-4-10(17)14(11)18/h3-5H,6-8H2,1-2H3,(H,20,24). The van der Waals surface area contributed by atoms with E-state index in [4.69, 9.17) is 11.6 Å². The SMILES string of the molecule is CC(=O)N1CCc2c(nc(C(=O)Nc3cccc(Br)c3Cl)n2C)C1. The molecular weight excluding hydrogens is 396 g/mol. The van der Waals surface area contributed by atoms with Gasteiger partial charge in [0.15, 0.2) is 5.82 Å². The summed E-state index contributed by atoms with van der Waals surface area (Å²) in [4.78, 5) is 30.3. The van der Waals surface area contributed by atoms with Crippen LogP contribution in [-0.2, 0) is 24.8 Å². The Labute approximate surface area is 152 Å². The molecule has 1 aliphatic rings. The van der Waals surface area contributed by atoms with Crippen LogP contribution in [0, 0.1) is 0 Å². The van der Waals surface area contributed by atoms with Gasteiger partial charge in [0.1, 0.15) is 0 Å². The summed E-state index contributed by atoms with van der Waals surface area (Å²) in [5.41, 5.74) is 2.27. The van der Waals surface area contributed by atoms with Crippen molar-refractivity contribution >= 4 is 45.0 Å². The van der Waals surface area contributed by atoms with E-state index >= 15 is 0 Å². The number of rotatable bonds is 2. The molecule has 0 saturated heterocycles. The van der Waals surface area contributed by atoms with E-state index in [-0.39, 0.29) is 11.8 Å². The third kappa shape index (κ3) is 3.06. The average molecular weight is 412 g/mol. The van der Waals surface area contributed by atoms with Crippen LogP contribution in [0.15, 0.2) is 22.7 Å². The van der Waals surface area contributed by atoms with Crippen LogP contribution in [0.4, 0.5) is 5.69 Å².